The molecule has 0 amide bonds. The third kappa shape index (κ3) is 1.73. The molecular weight excluding hydrogens is 136 g/mol. The molecule has 1 aliphatic heterocycles. The van der Waals surface area contributed by atoms with Crippen LogP contribution in [0, 0.1) is 5.92 Å². The fourth-order valence-corrected chi connectivity index (χ4v) is 1.54. The minimum atomic E-state index is 0.543. The molecule has 1 unspecified atom stereocenters. The second kappa shape index (κ2) is 3.24. The van der Waals surface area contributed by atoms with E-state index in [1.165, 1.54) is 0 Å². The van der Waals surface area contributed by atoms with E-state index in [-0.39, 0.29) is 0 Å². The van der Waals surface area contributed by atoms with Crippen LogP contribution in [-0.4, -0.2) is 23.3 Å². The molecule has 64 valence electrons. The quantitative estimate of drug-likeness (QED) is 0.594. The van der Waals surface area contributed by atoms with Crippen LogP contribution in [0.25, 0.3) is 0 Å². The Labute approximate surface area is 69.3 Å². The van der Waals surface area contributed by atoms with Gasteiger partial charge in [0.25, 0.3) is 0 Å². The minimum absolute atomic E-state index is 0.543. The largest absolute Gasteiger partial charge is 0.291 e. The van der Waals surface area contributed by atoms with Crippen molar-refractivity contribution in [1.82, 2.24) is 5.01 Å². The topological polar surface area (TPSA) is 15.6 Å². The monoisotopic (exact) mass is 154 g/mol. The Morgan fingerprint density at radius 2 is 2.00 bits per heavy atom. The Morgan fingerprint density at radius 1 is 1.36 bits per heavy atom. The van der Waals surface area contributed by atoms with E-state index < -0.39 is 0 Å². The summed E-state index contributed by atoms with van der Waals surface area (Å²) in [5.41, 5.74) is 0. The predicted molar refractivity (Wildman–Crippen MR) is 48.7 cm³/mol. The highest BCUT2D eigenvalue weighted by Crippen LogP contribution is 2.20. The molecule has 1 atom stereocenters. The van der Waals surface area contributed by atoms with Gasteiger partial charge in [-0.2, -0.15) is 5.10 Å². The molecule has 0 aliphatic carbocycles. The summed E-state index contributed by atoms with van der Waals surface area (Å²) < 4.78 is 0. The van der Waals surface area contributed by atoms with Gasteiger partial charge in [-0.25, -0.2) is 0 Å². The summed E-state index contributed by atoms with van der Waals surface area (Å²) in [6.07, 6.45) is 3.15. The molecule has 1 aliphatic rings. The molecule has 0 aromatic heterocycles. The lowest BCUT2D eigenvalue weighted by Crippen LogP contribution is -2.36. The molecular formula is C9H18N2. The van der Waals surface area contributed by atoms with E-state index in [0.29, 0.717) is 18.0 Å². The standard InChI is InChI=1S/C9H18N2/c1-7(2)9-5-6-10-11(9)8(3)4/h6-9H,5H2,1-4H3. The smallest absolute Gasteiger partial charge is 0.0546 e. The molecule has 2 heteroatoms. The van der Waals surface area contributed by atoms with Crippen LogP contribution < -0.4 is 0 Å². The number of hydrogen-bond donors (Lipinski definition) is 0. The number of nitrogens with zero attached hydrogens (tertiary/aromatic N) is 2. The first-order valence-corrected chi connectivity index (χ1v) is 4.43. The fraction of sp³-hybridized carbons (Fsp3) is 0.889. The first kappa shape index (κ1) is 8.57. The normalized spacial score (nSPS) is 24.2. The van der Waals surface area contributed by atoms with Crippen molar-refractivity contribution in [2.24, 2.45) is 11.0 Å². The zero-order valence-electron chi connectivity index (χ0n) is 7.91. The second-order valence-corrected chi connectivity index (χ2v) is 3.82. The maximum absolute atomic E-state index is 4.35. The summed E-state index contributed by atoms with van der Waals surface area (Å²) in [5.74, 6) is 0.708. The summed E-state index contributed by atoms with van der Waals surface area (Å²) in [4.78, 5) is 0. The fourth-order valence-electron chi connectivity index (χ4n) is 1.54. The first-order valence-electron chi connectivity index (χ1n) is 4.43. The van der Waals surface area contributed by atoms with Gasteiger partial charge in [-0.1, -0.05) is 13.8 Å². The Bertz CT molecular complexity index is 150. The van der Waals surface area contributed by atoms with Crippen molar-refractivity contribution >= 4 is 6.21 Å². The molecule has 0 saturated heterocycles. The van der Waals surface area contributed by atoms with Crippen LogP contribution >= 0.6 is 0 Å². The van der Waals surface area contributed by atoms with Crippen molar-refractivity contribution < 1.29 is 0 Å². The summed E-state index contributed by atoms with van der Waals surface area (Å²) in [6, 6.07) is 1.18. The molecule has 0 N–H and O–H groups in total. The van der Waals surface area contributed by atoms with Crippen molar-refractivity contribution in [3.05, 3.63) is 0 Å². The van der Waals surface area contributed by atoms with Crippen LogP contribution in [0.2, 0.25) is 0 Å². The molecule has 1 heterocycles. The highest BCUT2D eigenvalue weighted by Gasteiger charge is 2.25. The summed E-state index contributed by atoms with van der Waals surface area (Å²) >= 11 is 0. The Kier molecular flexibility index (Phi) is 2.53. The number of hydrazone groups is 1. The molecule has 2 nitrogen and oxygen atoms in total. The van der Waals surface area contributed by atoms with E-state index in [4.69, 9.17) is 0 Å². The highest BCUT2D eigenvalue weighted by molar-refractivity contribution is 5.59. The van der Waals surface area contributed by atoms with E-state index >= 15 is 0 Å². The molecule has 11 heavy (non-hydrogen) atoms. The third-order valence-corrected chi connectivity index (χ3v) is 2.20. The van der Waals surface area contributed by atoms with Gasteiger partial charge in [-0.3, -0.25) is 5.01 Å². The second-order valence-electron chi connectivity index (χ2n) is 3.82. The predicted octanol–water partition coefficient (Wildman–Crippen LogP) is 2.11. The van der Waals surface area contributed by atoms with Gasteiger partial charge in [-0.05, 0) is 19.8 Å². The minimum Gasteiger partial charge on any atom is -0.291 e. The molecule has 0 aromatic carbocycles. The van der Waals surface area contributed by atoms with E-state index in [1.54, 1.807) is 0 Å². The average molecular weight is 154 g/mol. The van der Waals surface area contributed by atoms with Gasteiger partial charge >= 0.3 is 0 Å². The van der Waals surface area contributed by atoms with Crippen molar-refractivity contribution in [2.45, 2.75) is 46.2 Å². The highest BCUT2D eigenvalue weighted by atomic mass is 15.5. The average Bonchev–Trinajstić information content (AvgIpc) is 2.32. The van der Waals surface area contributed by atoms with Gasteiger partial charge in [0.2, 0.25) is 0 Å². The molecule has 1 rings (SSSR count). The molecule has 0 spiro atoms. The first-order chi connectivity index (χ1) is 5.13. The maximum Gasteiger partial charge on any atom is 0.0546 e. The van der Waals surface area contributed by atoms with Gasteiger partial charge < -0.3 is 0 Å². The molecule has 0 saturated carbocycles. The molecule has 0 radical (unpaired) electrons. The molecule has 0 aromatic rings. The summed E-state index contributed by atoms with van der Waals surface area (Å²) in [7, 11) is 0. The van der Waals surface area contributed by atoms with Crippen molar-refractivity contribution in [1.29, 1.82) is 0 Å². The number of hydrogen-bond acceptors (Lipinski definition) is 2. The van der Waals surface area contributed by atoms with Crippen LogP contribution in [0.15, 0.2) is 5.10 Å². The van der Waals surface area contributed by atoms with Crippen molar-refractivity contribution in [3.63, 3.8) is 0 Å². The Hall–Kier alpha value is -0.530. The van der Waals surface area contributed by atoms with Crippen LogP contribution in [0.1, 0.15) is 34.1 Å². The summed E-state index contributed by atoms with van der Waals surface area (Å²) in [5, 5.41) is 6.56. The van der Waals surface area contributed by atoms with Crippen LogP contribution in [0.3, 0.4) is 0 Å². The maximum atomic E-state index is 4.35. The lowest BCUT2D eigenvalue weighted by atomic mass is 10.0. The zero-order valence-corrected chi connectivity index (χ0v) is 7.91. The van der Waals surface area contributed by atoms with Crippen molar-refractivity contribution in [2.75, 3.05) is 0 Å². The van der Waals surface area contributed by atoms with Crippen LogP contribution in [0.5, 0.6) is 0 Å². The van der Waals surface area contributed by atoms with Gasteiger partial charge in [0, 0.05) is 18.7 Å². The SMILES string of the molecule is CC(C)C1CC=NN1C(C)C. The Balaban J connectivity index is 2.56. The van der Waals surface area contributed by atoms with E-state index in [1.807, 2.05) is 6.21 Å². The lowest BCUT2D eigenvalue weighted by Gasteiger charge is -2.29. The van der Waals surface area contributed by atoms with Crippen LogP contribution in [0.4, 0.5) is 0 Å². The molecule has 0 fully saturated rings. The number of rotatable bonds is 2. The van der Waals surface area contributed by atoms with Gasteiger partial charge in [-0.15, -0.1) is 0 Å². The van der Waals surface area contributed by atoms with E-state index in [2.05, 4.69) is 37.8 Å². The van der Waals surface area contributed by atoms with E-state index in [9.17, 15) is 0 Å². The van der Waals surface area contributed by atoms with Gasteiger partial charge in [0.15, 0.2) is 0 Å². The molecule has 0 bridgehead atoms. The van der Waals surface area contributed by atoms with Crippen molar-refractivity contribution in [3.8, 4) is 0 Å². The van der Waals surface area contributed by atoms with Crippen LogP contribution in [-0.2, 0) is 0 Å². The zero-order chi connectivity index (χ0) is 8.43. The van der Waals surface area contributed by atoms with E-state index in [0.717, 1.165) is 6.42 Å². The third-order valence-electron chi connectivity index (χ3n) is 2.20. The van der Waals surface area contributed by atoms with Gasteiger partial charge in [0.05, 0.1) is 6.04 Å². The Morgan fingerprint density at radius 3 is 2.36 bits per heavy atom. The lowest BCUT2D eigenvalue weighted by molar-refractivity contribution is 0.146. The van der Waals surface area contributed by atoms with Gasteiger partial charge in [0.1, 0.15) is 0 Å². The summed E-state index contributed by atoms with van der Waals surface area (Å²) in [6.45, 7) is 8.90.